The van der Waals surface area contributed by atoms with Crippen LogP contribution in [0.1, 0.15) is 34.6 Å². The van der Waals surface area contributed by atoms with Gasteiger partial charge in [0, 0.05) is 40.5 Å². The van der Waals surface area contributed by atoms with E-state index in [4.69, 9.17) is 9.47 Å². The highest BCUT2D eigenvalue weighted by atomic mass is 127. The molecule has 8 heteroatoms. The van der Waals surface area contributed by atoms with E-state index in [-0.39, 0.29) is 34.8 Å². The second kappa shape index (κ2) is 13.2. The lowest BCUT2D eigenvalue weighted by Crippen LogP contribution is -2.41. The van der Waals surface area contributed by atoms with Crippen LogP contribution in [0.25, 0.3) is 0 Å². The first-order chi connectivity index (χ1) is 12.3. The molecule has 0 bridgehead atoms. The fourth-order valence-corrected chi connectivity index (χ4v) is 2.97. The molecule has 156 valence electrons. The third-order valence-electron chi connectivity index (χ3n) is 3.49. The molecule has 1 aromatic rings. The quantitative estimate of drug-likeness (QED) is 0.303. The molecule has 0 heterocycles. The van der Waals surface area contributed by atoms with E-state index in [0.717, 1.165) is 18.0 Å². The molecule has 0 radical (unpaired) electrons. The van der Waals surface area contributed by atoms with Crippen molar-refractivity contribution < 1.29 is 13.7 Å². The first kappa shape index (κ1) is 26.0. The summed E-state index contributed by atoms with van der Waals surface area (Å²) >= 11 is 0. The summed E-state index contributed by atoms with van der Waals surface area (Å²) in [5.74, 6) is 2.81. The molecule has 2 atom stereocenters. The molecule has 1 rings (SSSR count). The zero-order valence-electron chi connectivity index (χ0n) is 17.2. The number of nitrogens with zero attached hydrogens (tertiary/aromatic N) is 1. The third-order valence-corrected chi connectivity index (χ3v) is 5.43. The Balaban J connectivity index is 0.00000676. The van der Waals surface area contributed by atoms with E-state index in [2.05, 4.69) is 15.6 Å². The third kappa shape index (κ3) is 10.8. The fourth-order valence-electron chi connectivity index (χ4n) is 2.07. The van der Waals surface area contributed by atoms with Crippen molar-refractivity contribution >= 4 is 40.7 Å². The molecule has 0 aromatic heterocycles. The molecule has 0 saturated carbocycles. The van der Waals surface area contributed by atoms with E-state index in [0.29, 0.717) is 24.8 Å². The Kier molecular flexibility index (Phi) is 12.7. The van der Waals surface area contributed by atoms with Crippen LogP contribution in [0.15, 0.2) is 29.3 Å². The smallest absolute Gasteiger partial charge is 0.191 e. The van der Waals surface area contributed by atoms with E-state index in [1.807, 2.05) is 58.9 Å². The maximum atomic E-state index is 12.1. The summed E-state index contributed by atoms with van der Waals surface area (Å²) in [5, 5.41) is 6.43. The molecule has 2 N–H and O–H groups in total. The van der Waals surface area contributed by atoms with Crippen LogP contribution in [-0.4, -0.2) is 53.5 Å². The van der Waals surface area contributed by atoms with E-state index < -0.39 is 10.8 Å². The van der Waals surface area contributed by atoms with Crippen molar-refractivity contribution in [2.75, 3.05) is 32.5 Å². The van der Waals surface area contributed by atoms with Crippen LogP contribution >= 0.6 is 24.0 Å². The Morgan fingerprint density at radius 2 is 1.93 bits per heavy atom. The molecule has 0 aliphatic heterocycles. The number of guanidine groups is 1. The Labute approximate surface area is 183 Å². The SMILES string of the molecule is CCNC(=NCC(C)Oc1cccc(OC)c1)NCCS(=O)C(C)(C)C.I. The number of methoxy groups -OCH3 is 1. The molecule has 0 aliphatic carbocycles. The van der Waals surface area contributed by atoms with Gasteiger partial charge < -0.3 is 20.1 Å². The van der Waals surface area contributed by atoms with Gasteiger partial charge in [0.05, 0.1) is 13.7 Å². The number of hydrogen-bond acceptors (Lipinski definition) is 4. The standard InChI is InChI=1S/C19H33N3O3S.HI/c1-7-20-18(21-11-12-26(23)19(3,4)5)22-14-15(2)25-17-10-8-9-16(13-17)24-6;/h8-10,13,15H,7,11-12,14H2,1-6H3,(H2,20,21,22);1H. The Hall–Kier alpha value is -1.03. The molecule has 0 spiro atoms. The second-order valence-electron chi connectivity index (χ2n) is 6.92. The molecular formula is C19H34IN3O3S. The van der Waals surface area contributed by atoms with E-state index in [1.54, 1.807) is 7.11 Å². The van der Waals surface area contributed by atoms with Gasteiger partial charge in [-0.15, -0.1) is 24.0 Å². The highest BCUT2D eigenvalue weighted by molar-refractivity contribution is 14.0. The van der Waals surface area contributed by atoms with Crippen molar-refractivity contribution in [3.8, 4) is 11.5 Å². The lowest BCUT2D eigenvalue weighted by Gasteiger charge is -2.19. The zero-order chi connectivity index (χ0) is 19.6. The van der Waals surface area contributed by atoms with Crippen molar-refractivity contribution in [3.63, 3.8) is 0 Å². The number of aliphatic imine (C=N–C) groups is 1. The van der Waals surface area contributed by atoms with Gasteiger partial charge in [-0.3, -0.25) is 4.21 Å². The summed E-state index contributed by atoms with van der Waals surface area (Å²) in [6, 6.07) is 7.52. The molecule has 2 unspecified atom stereocenters. The normalized spacial score (nSPS) is 13.9. The lowest BCUT2D eigenvalue weighted by atomic mass is 10.3. The maximum Gasteiger partial charge on any atom is 0.191 e. The van der Waals surface area contributed by atoms with Crippen molar-refractivity contribution in [1.29, 1.82) is 0 Å². The largest absolute Gasteiger partial charge is 0.497 e. The summed E-state index contributed by atoms with van der Waals surface area (Å²) < 4.78 is 23.0. The summed E-state index contributed by atoms with van der Waals surface area (Å²) in [5.41, 5.74) is 0. The molecule has 0 amide bonds. The van der Waals surface area contributed by atoms with Crippen LogP contribution in [0.5, 0.6) is 11.5 Å². The number of hydrogen-bond donors (Lipinski definition) is 2. The van der Waals surface area contributed by atoms with E-state index in [1.165, 1.54) is 0 Å². The lowest BCUT2D eigenvalue weighted by molar-refractivity contribution is 0.229. The summed E-state index contributed by atoms with van der Waals surface area (Å²) in [6.07, 6.45) is -0.0822. The summed E-state index contributed by atoms with van der Waals surface area (Å²) in [4.78, 5) is 4.55. The topological polar surface area (TPSA) is 72.0 Å². The Bertz CT molecular complexity index is 606. The van der Waals surface area contributed by atoms with Gasteiger partial charge in [-0.2, -0.15) is 0 Å². The number of rotatable bonds is 9. The minimum Gasteiger partial charge on any atom is -0.497 e. The summed E-state index contributed by atoms with van der Waals surface area (Å²) in [6.45, 7) is 11.8. The predicted octanol–water partition coefficient (Wildman–Crippen LogP) is 3.18. The number of halogens is 1. The molecular weight excluding hydrogens is 477 g/mol. The van der Waals surface area contributed by atoms with Crippen LogP contribution in [-0.2, 0) is 10.8 Å². The van der Waals surface area contributed by atoms with Crippen molar-refractivity contribution in [2.45, 2.75) is 45.5 Å². The molecule has 1 aromatic carbocycles. The molecule has 0 fully saturated rings. The molecule has 0 saturated heterocycles. The second-order valence-corrected chi connectivity index (χ2v) is 9.24. The molecule has 27 heavy (non-hydrogen) atoms. The van der Waals surface area contributed by atoms with Crippen LogP contribution in [0.4, 0.5) is 0 Å². The van der Waals surface area contributed by atoms with Gasteiger partial charge in [0.1, 0.15) is 17.6 Å². The number of benzene rings is 1. The van der Waals surface area contributed by atoms with Gasteiger partial charge in [-0.05, 0) is 46.8 Å². The molecule has 0 aliphatic rings. The maximum absolute atomic E-state index is 12.1. The van der Waals surface area contributed by atoms with Crippen molar-refractivity contribution in [2.24, 2.45) is 4.99 Å². The van der Waals surface area contributed by atoms with Gasteiger partial charge in [-0.1, -0.05) is 6.07 Å². The highest BCUT2D eigenvalue weighted by Crippen LogP contribution is 2.19. The van der Waals surface area contributed by atoms with Crippen LogP contribution in [0, 0.1) is 0 Å². The van der Waals surface area contributed by atoms with E-state index >= 15 is 0 Å². The van der Waals surface area contributed by atoms with Gasteiger partial charge in [-0.25, -0.2) is 4.99 Å². The predicted molar refractivity (Wildman–Crippen MR) is 125 cm³/mol. The number of ether oxygens (including phenoxy) is 2. The van der Waals surface area contributed by atoms with Gasteiger partial charge in [0.25, 0.3) is 0 Å². The Morgan fingerprint density at radius 3 is 2.52 bits per heavy atom. The summed E-state index contributed by atoms with van der Waals surface area (Å²) in [7, 11) is 0.751. The van der Waals surface area contributed by atoms with Gasteiger partial charge in [0.2, 0.25) is 0 Å². The Morgan fingerprint density at radius 1 is 1.26 bits per heavy atom. The monoisotopic (exact) mass is 511 g/mol. The first-order valence-corrected chi connectivity index (χ1v) is 10.3. The first-order valence-electron chi connectivity index (χ1n) is 8.97. The minimum atomic E-state index is -0.882. The number of nitrogens with one attached hydrogen (secondary N) is 2. The van der Waals surface area contributed by atoms with Crippen LogP contribution in [0.2, 0.25) is 0 Å². The van der Waals surface area contributed by atoms with Crippen LogP contribution in [0.3, 0.4) is 0 Å². The van der Waals surface area contributed by atoms with Crippen molar-refractivity contribution in [3.05, 3.63) is 24.3 Å². The van der Waals surface area contributed by atoms with Gasteiger partial charge in [0.15, 0.2) is 5.96 Å². The average Bonchev–Trinajstić information content (AvgIpc) is 2.58. The molecule has 6 nitrogen and oxygen atoms in total. The van der Waals surface area contributed by atoms with Gasteiger partial charge >= 0.3 is 0 Å². The highest BCUT2D eigenvalue weighted by Gasteiger charge is 2.18. The minimum absolute atomic E-state index is 0. The van der Waals surface area contributed by atoms with Crippen LogP contribution < -0.4 is 20.1 Å². The fraction of sp³-hybridized carbons (Fsp3) is 0.632. The van der Waals surface area contributed by atoms with Crippen molar-refractivity contribution in [1.82, 2.24) is 10.6 Å². The zero-order valence-corrected chi connectivity index (χ0v) is 20.4. The van der Waals surface area contributed by atoms with E-state index in [9.17, 15) is 4.21 Å². The average molecular weight is 511 g/mol.